The average molecular weight is 331 g/mol. The summed E-state index contributed by atoms with van der Waals surface area (Å²) in [5.74, 6) is 0.674. The number of aliphatic hydroxyl groups is 1. The standard InChI is InChI=1S/C17H18FN3O3/c1-10-6-14(11(2)24-10)17(3,23)9-20-16(22)21-15-5-4-13(18)7-12(15)8-19/h4-7,23H,9H2,1-3H3,(H2,20,21,22). The third-order valence-corrected chi connectivity index (χ3v) is 3.56. The molecule has 1 unspecified atom stereocenters. The molecular formula is C17H18FN3O3. The molecule has 1 aromatic heterocycles. The molecule has 6 nitrogen and oxygen atoms in total. The van der Waals surface area contributed by atoms with Crippen molar-refractivity contribution in [2.45, 2.75) is 26.4 Å². The maximum Gasteiger partial charge on any atom is 0.319 e. The Labute approximate surface area is 138 Å². The highest BCUT2D eigenvalue weighted by molar-refractivity contribution is 5.90. The van der Waals surface area contributed by atoms with Gasteiger partial charge in [0.1, 0.15) is 29.0 Å². The number of benzene rings is 1. The van der Waals surface area contributed by atoms with Crippen molar-refractivity contribution in [1.29, 1.82) is 5.26 Å². The predicted octanol–water partition coefficient (Wildman–Crippen LogP) is 2.94. The molecule has 0 aliphatic heterocycles. The molecule has 0 radical (unpaired) electrons. The number of carbonyl (C=O) groups is 1. The third kappa shape index (κ3) is 3.91. The Morgan fingerprint density at radius 2 is 2.12 bits per heavy atom. The van der Waals surface area contributed by atoms with Crippen LogP contribution < -0.4 is 10.6 Å². The zero-order valence-corrected chi connectivity index (χ0v) is 13.6. The van der Waals surface area contributed by atoms with Gasteiger partial charge in [-0.3, -0.25) is 0 Å². The molecule has 7 heteroatoms. The van der Waals surface area contributed by atoms with Gasteiger partial charge in [-0.05, 0) is 45.0 Å². The topological polar surface area (TPSA) is 98.3 Å². The van der Waals surface area contributed by atoms with Gasteiger partial charge in [0.2, 0.25) is 0 Å². The van der Waals surface area contributed by atoms with E-state index in [-0.39, 0.29) is 17.8 Å². The lowest BCUT2D eigenvalue weighted by molar-refractivity contribution is 0.0584. The lowest BCUT2D eigenvalue weighted by Crippen LogP contribution is -2.40. The highest BCUT2D eigenvalue weighted by Gasteiger charge is 2.28. The van der Waals surface area contributed by atoms with E-state index in [9.17, 15) is 14.3 Å². The SMILES string of the molecule is Cc1cc(C(C)(O)CNC(=O)Nc2ccc(F)cc2C#N)c(C)o1. The summed E-state index contributed by atoms with van der Waals surface area (Å²) in [7, 11) is 0. The molecule has 0 aliphatic carbocycles. The number of nitriles is 1. The Kier molecular flexibility index (Phi) is 4.90. The van der Waals surface area contributed by atoms with E-state index >= 15 is 0 Å². The largest absolute Gasteiger partial charge is 0.466 e. The number of hydrogen-bond donors (Lipinski definition) is 3. The normalized spacial score (nSPS) is 13.0. The fourth-order valence-electron chi connectivity index (χ4n) is 2.40. The van der Waals surface area contributed by atoms with Crippen LogP contribution in [0.4, 0.5) is 14.9 Å². The minimum atomic E-state index is -1.32. The third-order valence-electron chi connectivity index (χ3n) is 3.56. The van der Waals surface area contributed by atoms with Gasteiger partial charge in [0.25, 0.3) is 0 Å². The van der Waals surface area contributed by atoms with E-state index in [2.05, 4.69) is 10.6 Å². The van der Waals surface area contributed by atoms with Crippen LogP contribution in [0.5, 0.6) is 0 Å². The lowest BCUT2D eigenvalue weighted by Gasteiger charge is -2.23. The van der Waals surface area contributed by atoms with E-state index in [4.69, 9.17) is 9.68 Å². The molecule has 0 saturated heterocycles. The number of hydrogen-bond acceptors (Lipinski definition) is 4. The highest BCUT2D eigenvalue weighted by Crippen LogP contribution is 2.26. The number of rotatable bonds is 4. The van der Waals surface area contributed by atoms with Gasteiger partial charge in [0, 0.05) is 5.56 Å². The second-order valence-corrected chi connectivity index (χ2v) is 5.71. The molecule has 3 N–H and O–H groups in total. The summed E-state index contributed by atoms with van der Waals surface area (Å²) in [6.45, 7) is 4.99. The number of anilines is 1. The Bertz CT molecular complexity index is 806. The number of halogens is 1. The molecule has 2 amide bonds. The summed E-state index contributed by atoms with van der Waals surface area (Å²) < 4.78 is 18.5. The van der Waals surface area contributed by atoms with Crippen molar-refractivity contribution in [3.05, 3.63) is 52.7 Å². The first kappa shape index (κ1) is 17.5. The van der Waals surface area contributed by atoms with Crippen LogP contribution >= 0.6 is 0 Å². The average Bonchev–Trinajstić information content (AvgIpc) is 2.86. The molecule has 1 heterocycles. The van der Waals surface area contributed by atoms with E-state index in [0.717, 1.165) is 12.1 Å². The van der Waals surface area contributed by atoms with Crippen LogP contribution in [0.2, 0.25) is 0 Å². The maximum atomic E-state index is 13.1. The highest BCUT2D eigenvalue weighted by atomic mass is 19.1. The zero-order chi connectivity index (χ0) is 17.9. The summed E-state index contributed by atoms with van der Waals surface area (Å²) in [6.07, 6.45) is 0. The molecule has 2 aromatic rings. The van der Waals surface area contributed by atoms with Gasteiger partial charge in [-0.2, -0.15) is 5.26 Å². The van der Waals surface area contributed by atoms with Gasteiger partial charge in [0.15, 0.2) is 0 Å². The minimum absolute atomic E-state index is 0.0122. The summed E-state index contributed by atoms with van der Waals surface area (Å²) in [5.41, 5.74) is -0.538. The second-order valence-electron chi connectivity index (χ2n) is 5.71. The molecule has 126 valence electrons. The van der Waals surface area contributed by atoms with Crippen LogP contribution in [0.25, 0.3) is 0 Å². The Hall–Kier alpha value is -2.85. The number of nitrogens with zero attached hydrogens (tertiary/aromatic N) is 1. The smallest absolute Gasteiger partial charge is 0.319 e. The van der Waals surface area contributed by atoms with E-state index < -0.39 is 17.4 Å². The quantitative estimate of drug-likeness (QED) is 0.802. The first-order chi connectivity index (χ1) is 11.2. The zero-order valence-electron chi connectivity index (χ0n) is 13.6. The molecule has 0 saturated carbocycles. The molecule has 1 atom stereocenters. The second kappa shape index (κ2) is 6.72. The van der Waals surface area contributed by atoms with Crippen molar-refractivity contribution < 1.29 is 18.7 Å². The molecule has 0 spiro atoms. The molecular weight excluding hydrogens is 313 g/mol. The van der Waals surface area contributed by atoms with Gasteiger partial charge >= 0.3 is 6.03 Å². The van der Waals surface area contributed by atoms with Gasteiger partial charge in [0.05, 0.1) is 17.8 Å². The van der Waals surface area contributed by atoms with Gasteiger partial charge in [-0.1, -0.05) is 0 Å². The van der Waals surface area contributed by atoms with E-state index in [1.807, 2.05) is 0 Å². The Morgan fingerprint density at radius 3 is 2.71 bits per heavy atom. The van der Waals surface area contributed by atoms with E-state index in [1.54, 1.807) is 32.9 Å². The van der Waals surface area contributed by atoms with E-state index in [1.165, 1.54) is 6.07 Å². The summed E-state index contributed by atoms with van der Waals surface area (Å²) in [6, 6.07) is 6.38. The van der Waals surface area contributed by atoms with Crippen LogP contribution in [0.15, 0.2) is 28.7 Å². The summed E-state index contributed by atoms with van der Waals surface area (Å²) in [5, 5.41) is 24.5. The van der Waals surface area contributed by atoms with Crippen LogP contribution in [-0.2, 0) is 5.60 Å². The van der Waals surface area contributed by atoms with Crippen molar-refractivity contribution in [1.82, 2.24) is 5.32 Å². The van der Waals surface area contributed by atoms with Crippen molar-refractivity contribution >= 4 is 11.7 Å². The summed E-state index contributed by atoms with van der Waals surface area (Å²) >= 11 is 0. The molecule has 2 rings (SSSR count). The van der Waals surface area contributed by atoms with Crippen LogP contribution in [-0.4, -0.2) is 17.7 Å². The van der Waals surface area contributed by atoms with E-state index in [0.29, 0.717) is 17.1 Å². The first-order valence-electron chi connectivity index (χ1n) is 7.27. The van der Waals surface area contributed by atoms with Crippen molar-refractivity contribution in [3.63, 3.8) is 0 Å². The molecule has 0 bridgehead atoms. The van der Waals surface area contributed by atoms with Gasteiger partial charge in [-0.15, -0.1) is 0 Å². The number of carbonyl (C=O) groups excluding carboxylic acids is 1. The van der Waals surface area contributed by atoms with Crippen LogP contribution in [0.1, 0.15) is 29.6 Å². The molecule has 0 fully saturated rings. The fraction of sp³-hybridized carbons (Fsp3) is 0.294. The monoisotopic (exact) mass is 331 g/mol. The van der Waals surface area contributed by atoms with Crippen molar-refractivity contribution in [2.24, 2.45) is 0 Å². The van der Waals surface area contributed by atoms with Crippen molar-refractivity contribution in [3.8, 4) is 6.07 Å². The maximum absolute atomic E-state index is 13.1. The van der Waals surface area contributed by atoms with Crippen LogP contribution in [0.3, 0.4) is 0 Å². The van der Waals surface area contributed by atoms with Gasteiger partial charge < -0.3 is 20.2 Å². The molecule has 0 aliphatic rings. The number of nitrogens with one attached hydrogen (secondary N) is 2. The van der Waals surface area contributed by atoms with Gasteiger partial charge in [-0.25, -0.2) is 9.18 Å². The molecule has 1 aromatic carbocycles. The lowest BCUT2D eigenvalue weighted by atomic mass is 9.96. The molecule has 24 heavy (non-hydrogen) atoms. The number of amides is 2. The Morgan fingerprint density at radius 1 is 1.42 bits per heavy atom. The minimum Gasteiger partial charge on any atom is -0.466 e. The number of furan rings is 1. The Balaban J connectivity index is 2.03. The number of urea groups is 1. The predicted molar refractivity (Wildman–Crippen MR) is 85.9 cm³/mol. The summed E-state index contributed by atoms with van der Waals surface area (Å²) in [4.78, 5) is 12.0. The first-order valence-corrected chi connectivity index (χ1v) is 7.27. The number of aryl methyl sites for hydroxylation is 2. The van der Waals surface area contributed by atoms with Crippen LogP contribution in [0, 0.1) is 31.0 Å². The van der Waals surface area contributed by atoms with Crippen molar-refractivity contribution in [2.75, 3.05) is 11.9 Å². The fourth-order valence-corrected chi connectivity index (χ4v) is 2.40.